The van der Waals surface area contributed by atoms with Crippen LogP contribution in [0, 0.1) is 0 Å². The fraction of sp³-hybridized carbons (Fsp3) is 0.385. The number of halogens is 1. The average Bonchev–Trinajstić information content (AvgIpc) is 2.25. The van der Waals surface area contributed by atoms with Gasteiger partial charge in [0.1, 0.15) is 5.83 Å². The minimum Gasteiger partial charge on any atom is -0.322 e. The molecule has 1 aromatic rings. The van der Waals surface area contributed by atoms with Gasteiger partial charge in [0.05, 0.1) is 6.04 Å². The van der Waals surface area contributed by atoms with Gasteiger partial charge in [-0.3, -0.25) is 0 Å². The van der Waals surface area contributed by atoms with Gasteiger partial charge in [-0.05, 0) is 31.7 Å². The van der Waals surface area contributed by atoms with E-state index in [-0.39, 0.29) is 5.83 Å². The highest BCUT2D eigenvalue weighted by Gasteiger charge is 1.99. The number of benzene rings is 1. The molecule has 82 valence electrons. The van der Waals surface area contributed by atoms with Crippen LogP contribution in [0.5, 0.6) is 0 Å². The molecule has 0 amide bonds. The number of hydrogen-bond donors (Lipinski definition) is 1. The maximum Gasteiger partial charge on any atom is 0.112 e. The van der Waals surface area contributed by atoms with Crippen molar-refractivity contribution in [2.45, 2.75) is 32.2 Å². The molecule has 0 heterocycles. The van der Waals surface area contributed by atoms with Crippen LogP contribution in [0.2, 0.25) is 0 Å². The van der Waals surface area contributed by atoms with E-state index in [0.29, 0.717) is 0 Å². The lowest BCUT2D eigenvalue weighted by Crippen LogP contribution is -2.15. The van der Waals surface area contributed by atoms with Gasteiger partial charge in [-0.1, -0.05) is 36.4 Å². The van der Waals surface area contributed by atoms with E-state index in [2.05, 4.69) is 12.1 Å². The predicted molar refractivity (Wildman–Crippen MR) is 62.2 cm³/mol. The highest BCUT2D eigenvalue weighted by Crippen LogP contribution is 2.08. The Kier molecular flexibility index (Phi) is 5.05. The number of allylic oxidation sites excluding steroid dienone is 1. The van der Waals surface area contributed by atoms with Crippen LogP contribution in [-0.4, -0.2) is 6.04 Å². The summed E-state index contributed by atoms with van der Waals surface area (Å²) < 4.78 is 13.0. The van der Waals surface area contributed by atoms with Gasteiger partial charge in [-0.2, -0.15) is 0 Å². The highest BCUT2D eigenvalue weighted by atomic mass is 19.1. The van der Waals surface area contributed by atoms with Crippen molar-refractivity contribution in [1.82, 2.24) is 0 Å². The van der Waals surface area contributed by atoms with Crippen LogP contribution in [-0.2, 0) is 6.42 Å². The molecule has 1 aromatic carbocycles. The molecule has 0 spiro atoms. The summed E-state index contributed by atoms with van der Waals surface area (Å²) in [6, 6.07) is 9.75. The molecule has 1 rings (SSSR count). The van der Waals surface area contributed by atoms with Gasteiger partial charge in [0.2, 0.25) is 0 Å². The van der Waals surface area contributed by atoms with Crippen LogP contribution in [0.4, 0.5) is 4.39 Å². The van der Waals surface area contributed by atoms with Crippen molar-refractivity contribution in [1.29, 1.82) is 0 Å². The second-order valence-corrected chi connectivity index (χ2v) is 3.76. The normalized spacial score (nSPS) is 13.9. The smallest absolute Gasteiger partial charge is 0.112 e. The first kappa shape index (κ1) is 11.9. The van der Waals surface area contributed by atoms with E-state index < -0.39 is 6.04 Å². The van der Waals surface area contributed by atoms with Crippen molar-refractivity contribution in [3.05, 3.63) is 47.8 Å². The molecule has 2 N–H and O–H groups in total. The van der Waals surface area contributed by atoms with Gasteiger partial charge in [0.15, 0.2) is 0 Å². The maximum absolute atomic E-state index is 13.0. The van der Waals surface area contributed by atoms with Crippen LogP contribution in [0.25, 0.3) is 0 Å². The minimum atomic E-state index is -0.471. The fourth-order valence-corrected chi connectivity index (χ4v) is 1.38. The fourth-order valence-electron chi connectivity index (χ4n) is 1.38. The van der Waals surface area contributed by atoms with Crippen LogP contribution < -0.4 is 5.73 Å². The van der Waals surface area contributed by atoms with Crippen LogP contribution >= 0.6 is 0 Å². The van der Waals surface area contributed by atoms with Crippen LogP contribution in [0.3, 0.4) is 0 Å². The van der Waals surface area contributed by atoms with Crippen molar-refractivity contribution in [2.75, 3.05) is 0 Å². The van der Waals surface area contributed by atoms with Gasteiger partial charge in [0.25, 0.3) is 0 Å². The Labute approximate surface area is 90.8 Å². The monoisotopic (exact) mass is 207 g/mol. The number of unbranched alkanes of at least 4 members (excludes halogenated alkanes) is 1. The number of nitrogens with two attached hydrogens (primary N) is 1. The standard InChI is InChI=1S/C13H18FN/c1-11(15)13(14)10-6-5-9-12-7-3-2-4-8-12/h2-4,7-8,10-11H,5-6,9,15H2,1H3/b13-10-/t11-/m1/s1. The Morgan fingerprint density at radius 3 is 2.67 bits per heavy atom. The Balaban J connectivity index is 2.26. The summed E-state index contributed by atoms with van der Waals surface area (Å²) in [6.07, 6.45) is 4.30. The quantitative estimate of drug-likeness (QED) is 0.737. The van der Waals surface area contributed by atoms with Gasteiger partial charge in [-0.15, -0.1) is 0 Å². The van der Waals surface area contributed by atoms with E-state index in [0.717, 1.165) is 19.3 Å². The zero-order valence-electron chi connectivity index (χ0n) is 9.12. The number of aryl methyl sites for hydroxylation is 1. The van der Waals surface area contributed by atoms with E-state index in [4.69, 9.17) is 5.73 Å². The lowest BCUT2D eigenvalue weighted by molar-refractivity contribution is 0.553. The predicted octanol–water partition coefficient (Wildman–Crippen LogP) is 3.21. The molecule has 0 fully saturated rings. The van der Waals surface area contributed by atoms with Gasteiger partial charge in [0, 0.05) is 0 Å². The zero-order chi connectivity index (χ0) is 11.1. The van der Waals surface area contributed by atoms with Crippen molar-refractivity contribution < 1.29 is 4.39 Å². The molecule has 0 saturated heterocycles. The van der Waals surface area contributed by atoms with Crippen LogP contribution in [0.15, 0.2) is 42.2 Å². The molecule has 0 saturated carbocycles. The minimum absolute atomic E-state index is 0.205. The second-order valence-electron chi connectivity index (χ2n) is 3.76. The first-order valence-corrected chi connectivity index (χ1v) is 5.35. The van der Waals surface area contributed by atoms with E-state index in [1.807, 2.05) is 18.2 Å². The molecule has 1 nitrogen and oxygen atoms in total. The van der Waals surface area contributed by atoms with Gasteiger partial charge in [-0.25, -0.2) is 4.39 Å². The molecular weight excluding hydrogens is 189 g/mol. The summed E-state index contributed by atoms with van der Waals surface area (Å²) in [7, 11) is 0. The molecule has 1 atom stereocenters. The molecule has 0 aromatic heterocycles. The molecular formula is C13H18FN. The summed E-state index contributed by atoms with van der Waals surface area (Å²) in [4.78, 5) is 0. The molecule has 0 unspecified atom stereocenters. The third kappa shape index (κ3) is 4.75. The Morgan fingerprint density at radius 2 is 2.07 bits per heavy atom. The van der Waals surface area contributed by atoms with Crippen molar-refractivity contribution >= 4 is 0 Å². The van der Waals surface area contributed by atoms with Crippen molar-refractivity contribution in [3.8, 4) is 0 Å². The van der Waals surface area contributed by atoms with E-state index >= 15 is 0 Å². The third-order valence-electron chi connectivity index (χ3n) is 2.29. The largest absolute Gasteiger partial charge is 0.322 e. The molecule has 0 aliphatic heterocycles. The topological polar surface area (TPSA) is 26.0 Å². The van der Waals surface area contributed by atoms with Crippen molar-refractivity contribution in [3.63, 3.8) is 0 Å². The van der Waals surface area contributed by atoms with E-state index in [9.17, 15) is 4.39 Å². The zero-order valence-corrected chi connectivity index (χ0v) is 9.12. The Hall–Kier alpha value is -1.15. The van der Waals surface area contributed by atoms with E-state index in [1.54, 1.807) is 13.0 Å². The summed E-state index contributed by atoms with van der Waals surface area (Å²) in [6.45, 7) is 1.66. The molecule has 0 aliphatic rings. The SMILES string of the molecule is C[C@@H](N)/C(F)=C/CCCc1ccccc1. The molecule has 0 aliphatic carbocycles. The average molecular weight is 207 g/mol. The van der Waals surface area contributed by atoms with Crippen LogP contribution in [0.1, 0.15) is 25.3 Å². The van der Waals surface area contributed by atoms with Gasteiger partial charge < -0.3 is 5.73 Å². The second kappa shape index (κ2) is 6.36. The number of hydrogen-bond acceptors (Lipinski definition) is 1. The Morgan fingerprint density at radius 1 is 1.40 bits per heavy atom. The highest BCUT2D eigenvalue weighted by molar-refractivity contribution is 5.14. The van der Waals surface area contributed by atoms with E-state index in [1.165, 1.54) is 5.56 Å². The lowest BCUT2D eigenvalue weighted by atomic mass is 10.1. The van der Waals surface area contributed by atoms with Crippen molar-refractivity contribution in [2.24, 2.45) is 5.73 Å². The first-order valence-electron chi connectivity index (χ1n) is 5.35. The summed E-state index contributed by atoms with van der Waals surface area (Å²) in [5.74, 6) is -0.205. The molecule has 2 heteroatoms. The Bertz CT molecular complexity index is 304. The van der Waals surface area contributed by atoms with Gasteiger partial charge >= 0.3 is 0 Å². The third-order valence-corrected chi connectivity index (χ3v) is 2.29. The maximum atomic E-state index is 13.0. The first-order chi connectivity index (χ1) is 7.20. The lowest BCUT2D eigenvalue weighted by Gasteiger charge is -2.01. The summed E-state index contributed by atoms with van der Waals surface area (Å²) in [5, 5.41) is 0. The molecule has 0 radical (unpaired) electrons. The number of rotatable bonds is 5. The molecule has 0 bridgehead atoms. The summed E-state index contributed by atoms with van der Waals surface area (Å²) >= 11 is 0. The summed E-state index contributed by atoms with van der Waals surface area (Å²) in [5.41, 5.74) is 6.68. The molecule has 15 heavy (non-hydrogen) atoms.